The number of carbonyl (C=O) groups is 2. The Morgan fingerprint density at radius 3 is 2.44 bits per heavy atom. The molecule has 4 rings (SSSR count). The van der Waals surface area contributed by atoms with E-state index in [-0.39, 0.29) is 23.7 Å². The second-order valence-electron chi connectivity index (χ2n) is 7.73. The summed E-state index contributed by atoms with van der Waals surface area (Å²) in [5.41, 5.74) is 1.67. The van der Waals surface area contributed by atoms with Gasteiger partial charge in [-0.3, -0.25) is 14.6 Å². The number of hydrogen-bond acceptors (Lipinski definition) is 6. The predicted octanol–water partition coefficient (Wildman–Crippen LogP) is 3.90. The topological polar surface area (TPSA) is 89.0 Å². The van der Waals surface area contributed by atoms with Gasteiger partial charge in [0.05, 0.1) is 25.8 Å². The van der Waals surface area contributed by atoms with Crippen LogP contribution in [0, 0.1) is 5.82 Å². The van der Waals surface area contributed by atoms with Gasteiger partial charge in [0.25, 0.3) is 11.7 Å². The highest BCUT2D eigenvalue weighted by Crippen LogP contribution is 2.40. The number of aliphatic hydroxyl groups is 1. The highest BCUT2D eigenvalue weighted by molar-refractivity contribution is 6.46. The van der Waals surface area contributed by atoms with E-state index in [1.165, 1.54) is 31.3 Å². The molecule has 1 aliphatic rings. The maximum atomic E-state index is 13.3. The van der Waals surface area contributed by atoms with Crippen molar-refractivity contribution >= 4 is 17.4 Å². The average molecular weight is 462 g/mol. The van der Waals surface area contributed by atoms with Crippen molar-refractivity contribution < 1.29 is 28.6 Å². The van der Waals surface area contributed by atoms with Gasteiger partial charge in [0, 0.05) is 24.5 Å². The first-order valence-electron chi connectivity index (χ1n) is 10.6. The molecule has 1 aliphatic heterocycles. The number of ketones is 1. The number of likely N-dealkylation sites (tertiary alicyclic amines) is 1. The van der Waals surface area contributed by atoms with Crippen molar-refractivity contribution in [2.45, 2.75) is 12.5 Å². The molecule has 1 atom stereocenters. The standard InChI is InChI=1S/C26H23FN2O5/c1-33-20-10-7-17(14-21(20)34-2)24(30)22-23(18-4-3-12-28-15-18)29(26(32)25(22)31)13-11-16-5-8-19(27)9-6-16/h3-10,12,14-15,23,30H,11,13H2,1-2H3/b24-22-. The largest absolute Gasteiger partial charge is 0.507 e. The molecule has 1 aromatic heterocycles. The zero-order valence-corrected chi connectivity index (χ0v) is 18.7. The number of pyridine rings is 1. The zero-order chi connectivity index (χ0) is 24.2. The van der Waals surface area contributed by atoms with Crippen LogP contribution in [0.1, 0.15) is 22.7 Å². The minimum Gasteiger partial charge on any atom is -0.507 e. The maximum absolute atomic E-state index is 13.3. The third kappa shape index (κ3) is 4.34. The molecule has 0 spiro atoms. The maximum Gasteiger partial charge on any atom is 0.295 e. The molecule has 0 bridgehead atoms. The molecule has 3 aromatic rings. The van der Waals surface area contributed by atoms with Gasteiger partial charge in [0.2, 0.25) is 0 Å². The minimum absolute atomic E-state index is 0.0377. The fraction of sp³-hybridized carbons (Fsp3) is 0.192. The van der Waals surface area contributed by atoms with Gasteiger partial charge in [-0.1, -0.05) is 18.2 Å². The molecule has 34 heavy (non-hydrogen) atoms. The van der Waals surface area contributed by atoms with E-state index < -0.39 is 17.7 Å². The van der Waals surface area contributed by atoms with Crippen LogP contribution in [0.15, 0.2) is 72.6 Å². The van der Waals surface area contributed by atoms with Crippen molar-refractivity contribution in [3.63, 3.8) is 0 Å². The smallest absolute Gasteiger partial charge is 0.295 e. The van der Waals surface area contributed by atoms with E-state index in [2.05, 4.69) is 4.98 Å². The molecule has 0 radical (unpaired) electrons. The lowest BCUT2D eigenvalue weighted by atomic mass is 9.96. The van der Waals surface area contributed by atoms with Crippen LogP contribution in [0.4, 0.5) is 4.39 Å². The second kappa shape index (κ2) is 9.74. The van der Waals surface area contributed by atoms with Crippen molar-refractivity contribution in [3.05, 3.63) is 95.1 Å². The Morgan fingerprint density at radius 2 is 1.79 bits per heavy atom. The number of methoxy groups -OCH3 is 2. The van der Waals surface area contributed by atoms with Gasteiger partial charge in [0.1, 0.15) is 11.6 Å². The molecule has 174 valence electrons. The number of rotatable bonds is 7. The lowest BCUT2D eigenvalue weighted by Crippen LogP contribution is -2.31. The Kier molecular flexibility index (Phi) is 6.58. The van der Waals surface area contributed by atoms with Gasteiger partial charge in [-0.05, 0) is 53.9 Å². The third-order valence-electron chi connectivity index (χ3n) is 5.75. The highest BCUT2D eigenvalue weighted by atomic mass is 19.1. The number of carbonyl (C=O) groups excluding carboxylic acids is 2. The number of aliphatic hydroxyl groups excluding tert-OH is 1. The Hall–Kier alpha value is -4.20. The lowest BCUT2D eigenvalue weighted by molar-refractivity contribution is -0.139. The molecular weight excluding hydrogens is 439 g/mol. The van der Waals surface area contributed by atoms with Gasteiger partial charge in [-0.25, -0.2) is 4.39 Å². The summed E-state index contributed by atoms with van der Waals surface area (Å²) in [6.45, 7) is 0.193. The van der Waals surface area contributed by atoms with Crippen LogP contribution in [0.5, 0.6) is 11.5 Å². The van der Waals surface area contributed by atoms with Crippen molar-refractivity contribution in [1.29, 1.82) is 0 Å². The summed E-state index contributed by atoms with van der Waals surface area (Å²) in [5.74, 6) is -1.36. The molecule has 2 aromatic carbocycles. The van der Waals surface area contributed by atoms with Crippen molar-refractivity contribution in [1.82, 2.24) is 9.88 Å². The van der Waals surface area contributed by atoms with E-state index in [4.69, 9.17) is 9.47 Å². The van der Waals surface area contributed by atoms with Gasteiger partial charge < -0.3 is 19.5 Å². The molecular formula is C26H23FN2O5. The van der Waals surface area contributed by atoms with Gasteiger partial charge in [-0.2, -0.15) is 0 Å². The Bertz CT molecular complexity index is 1240. The van der Waals surface area contributed by atoms with E-state index in [1.807, 2.05) is 0 Å². The van der Waals surface area contributed by atoms with Crippen molar-refractivity contribution in [2.75, 3.05) is 20.8 Å². The monoisotopic (exact) mass is 462 g/mol. The van der Waals surface area contributed by atoms with Crippen LogP contribution < -0.4 is 9.47 Å². The molecule has 1 amide bonds. The summed E-state index contributed by atoms with van der Waals surface area (Å²) in [6, 6.07) is 13.3. The summed E-state index contributed by atoms with van der Waals surface area (Å²) < 4.78 is 23.8. The number of ether oxygens (including phenoxy) is 2. The average Bonchev–Trinajstić information content (AvgIpc) is 3.13. The normalized spacial score (nSPS) is 17.1. The van der Waals surface area contributed by atoms with Crippen LogP contribution in [-0.2, 0) is 16.0 Å². The van der Waals surface area contributed by atoms with E-state index in [0.29, 0.717) is 29.0 Å². The molecule has 0 aliphatic carbocycles. The number of aromatic nitrogens is 1. The first-order valence-corrected chi connectivity index (χ1v) is 10.6. The SMILES string of the molecule is COc1ccc(/C(O)=C2/C(=O)C(=O)N(CCc3ccc(F)cc3)C2c2cccnc2)cc1OC. The molecule has 7 nitrogen and oxygen atoms in total. The van der Waals surface area contributed by atoms with Gasteiger partial charge in [0.15, 0.2) is 11.5 Å². The van der Waals surface area contributed by atoms with E-state index >= 15 is 0 Å². The van der Waals surface area contributed by atoms with Crippen molar-refractivity contribution in [3.8, 4) is 11.5 Å². The van der Waals surface area contributed by atoms with Crippen molar-refractivity contribution in [2.24, 2.45) is 0 Å². The minimum atomic E-state index is -0.831. The fourth-order valence-corrected chi connectivity index (χ4v) is 4.03. The lowest BCUT2D eigenvalue weighted by Gasteiger charge is -2.25. The second-order valence-corrected chi connectivity index (χ2v) is 7.73. The number of benzene rings is 2. The number of hydrogen-bond donors (Lipinski definition) is 1. The Morgan fingerprint density at radius 1 is 1.06 bits per heavy atom. The van der Waals surface area contributed by atoms with Crippen LogP contribution in [0.2, 0.25) is 0 Å². The molecule has 0 saturated carbocycles. The Balaban J connectivity index is 1.77. The molecule has 8 heteroatoms. The number of Topliss-reactive ketones (excluding diaryl/α,β-unsaturated/α-hetero) is 1. The number of nitrogens with zero attached hydrogens (tertiary/aromatic N) is 2. The zero-order valence-electron chi connectivity index (χ0n) is 18.7. The number of amides is 1. The summed E-state index contributed by atoms with van der Waals surface area (Å²) in [4.78, 5) is 31.7. The molecule has 1 unspecified atom stereocenters. The first kappa shape index (κ1) is 23.0. The Labute approximate surface area is 196 Å². The summed E-state index contributed by atoms with van der Waals surface area (Å²) in [5, 5.41) is 11.2. The molecule has 2 heterocycles. The quantitative estimate of drug-likeness (QED) is 0.326. The fourth-order valence-electron chi connectivity index (χ4n) is 4.03. The number of halogens is 1. The van der Waals surface area contributed by atoms with E-state index in [1.54, 1.807) is 54.9 Å². The van der Waals surface area contributed by atoms with E-state index in [9.17, 15) is 19.1 Å². The van der Waals surface area contributed by atoms with E-state index in [0.717, 1.165) is 5.56 Å². The van der Waals surface area contributed by atoms with Crippen LogP contribution >= 0.6 is 0 Å². The first-order chi connectivity index (χ1) is 16.4. The van der Waals surface area contributed by atoms with Crippen LogP contribution in [-0.4, -0.2) is 47.4 Å². The van der Waals surface area contributed by atoms with Gasteiger partial charge >= 0.3 is 0 Å². The molecule has 1 N–H and O–H groups in total. The predicted molar refractivity (Wildman–Crippen MR) is 123 cm³/mol. The molecule has 1 fully saturated rings. The van der Waals surface area contributed by atoms with Crippen LogP contribution in [0.25, 0.3) is 5.76 Å². The third-order valence-corrected chi connectivity index (χ3v) is 5.75. The summed E-state index contributed by atoms with van der Waals surface area (Å²) >= 11 is 0. The van der Waals surface area contributed by atoms with Gasteiger partial charge in [-0.15, -0.1) is 0 Å². The summed E-state index contributed by atoms with van der Waals surface area (Å²) in [6.07, 6.45) is 3.55. The van der Waals surface area contributed by atoms with Crippen LogP contribution in [0.3, 0.4) is 0 Å². The molecule has 1 saturated heterocycles. The highest BCUT2D eigenvalue weighted by Gasteiger charge is 2.46. The summed E-state index contributed by atoms with van der Waals surface area (Å²) in [7, 11) is 2.96.